The molecule has 0 bridgehead atoms. The second kappa shape index (κ2) is 6.16. The first-order chi connectivity index (χ1) is 10.2. The maximum atomic E-state index is 5.59. The van der Waals surface area contributed by atoms with Crippen LogP contribution in [0.25, 0.3) is 0 Å². The summed E-state index contributed by atoms with van der Waals surface area (Å²) in [7, 11) is 1.76. The molecule has 1 nitrogen and oxygen atoms in total. The van der Waals surface area contributed by atoms with Crippen LogP contribution in [0.4, 0.5) is 0 Å². The lowest BCUT2D eigenvalue weighted by molar-refractivity contribution is 0.401. The van der Waals surface area contributed by atoms with Crippen molar-refractivity contribution < 1.29 is 4.74 Å². The van der Waals surface area contributed by atoms with E-state index >= 15 is 0 Å². The van der Waals surface area contributed by atoms with E-state index in [-0.39, 0.29) is 10.8 Å². The first kappa shape index (κ1) is 16.6. The summed E-state index contributed by atoms with van der Waals surface area (Å²) in [6, 6.07) is 17.3. The Kier molecular flexibility index (Phi) is 4.65. The Labute approximate surface area is 135 Å². The highest BCUT2D eigenvalue weighted by atomic mass is 16.5. The van der Waals surface area contributed by atoms with Gasteiger partial charge in [0.25, 0.3) is 0 Å². The Bertz CT molecular complexity index is 618. The largest absolute Gasteiger partial charge is 0.496 e. The number of hydrogen-bond acceptors (Lipinski definition) is 1. The van der Waals surface area contributed by atoms with Crippen molar-refractivity contribution in [1.29, 1.82) is 0 Å². The second-order valence-electron chi connectivity index (χ2n) is 7.70. The summed E-state index contributed by atoms with van der Waals surface area (Å²) in [6.07, 6.45) is 0.962. The summed E-state index contributed by atoms with van der Waals surface area (Å²) in [5.41, 5.74) is 4.22. The predicted octanol–water partition coefficient (Wildman–Crippen LogP) is 5.51. The lowest BCUT2D eigenvalue weighted by atomic mass is 9.77. The normalized spacial score (nSPS) is 12.3. The molecule has 2 rings (SSSR count). The van der Waals surface area contributed by atoms with E-state index in [2.05, 4.69) is 83.1 Å². The third-order valence-corrected chi connectivity index (χ3v) is 4.33. The molecule has 0 heterocycles. The van der Waals surface area contributed by atoms with Gasteiger partial charge in [0.15, 0.2) is 0 Å². The highest BCUT2D eigenvalue weighted by Gasteiger charge is 2.24. The van der Waals surface area contributed by atoms with Crippen LogP contribution >= 0.6 is 0 Å². The van der Waals surface area contributed by atoms with Gasteiger partial charge in [-0.15, -0.1) is 0 Å². The van der Waals surface area contributed by atoms with Crippen LogP contribution in [0.3, 0.4) is 0 Å². The maximum Gasteiger partial charge on any atom is 0.122 e. The lowest BCUT2D eigenvalue weighted by Gasteiger charge is -2.28. The van der Waals surface area contributed by atoms with Crippen LogP contribution in [0, 0.1) is 0 Å². The molecule has 0 unspecified atom stereocenters. The van der Waals surface area contributed by atoms with Crippen LogP contribution in [-0.4, -0.2) is 7.11 Å². The Morgan fingerprint density at radius 1 is 0.818 bits per heavy atom. The van der Waals surface area contributed by atoms with Gasteiger partial charge in [-0.3, -0.25) is 0 Å². The highest BCUT2D eigenvalue weighted by Crippen LogP contribution is 2.34. The zero-order chi connectivity index (χ0) is 16.4. The van der Waals surface area contributed by atoms with Gasteiger partial charge in [0.2, 0.25) is 0 Å². The van der Waals surface area contributed by atoms with Crippen molar-refractivity contribution in [2.45, 2.75) is 51.9 Å². The smallest absolute Gasteiger partial charge is 0.122 e. The topological polar surface area (TPSA) is 9.23 Å². The third-order valence-electron chi connectivity index (χ3n) is 4.33. The van der Waals surface area contributed by atoms with Crippen molar-refractivity contribution in [3.8, 4) is 5.75 Å². The van der Waals surface area contributed by atoms with E-state index in [1.165, 1.54) is 16.7 Å². The SMILES string of the molecule is COc1ccc(C(C)(C)C)cc1CC(C)(C)c1ccccc1. The van der Waals surface area contributed by atoms with E-state index in [0.717, 1.165) is 12.2 Å². The van der Waals surface area contributed by atoms with Crippen molar-refractivity contribution in [3.05, 3.63) is 65.2 Å². The van der Waals surface area contributed by atoms with Crippen LogP contribution in [-0.2, 0) is 17.3 Å². The van der Waals surface area contributed by atoms with Gasteiger partial charge in [0.05, 0.1) is 7.11 Å². The molecule has 118 valence electrons. The first-order valence-electron chi connectivity index (χ1n) is 7.97. The molecule has 0 N–H and O–H groups in total. The zero-order valence-electron chi connectivity index (χ0n) is 14.7. The minimum absolute atomic E-state index is 0.0745. The van der Waals surface area contributed by atoms with E-state index in [0.29, 0.717) is 0 Å². The minimum atomic E-state index is 0.0745. The molecular formula is C21H28O. The van der Waals surface area contributed by atoms with Gasteiger partial charge in [-0.25, -0.2) is 0 Å². The fourth-order valence-electron chi connectivity index (χ4n) is 2.85. The highest BCUT2D eigenvalue weighted by molar-refractivity contribution is 5.42. The van der Waals surface area contributed by atoms with Gasteiger partial charge < -0.3 is 4.74 Å². The van der Waals surface area contributed by atoms with Gasteiger partial charge >= 0.3 is 0 Å². The molecule has 2 aromatic rings. The number of rotatable bonds is 4. The van der Waals surface area contributed by atoms with E-state index in [4.69, 9.17) is 4.74 Å². The Morgan fingerprint density at radius 2 is 1.45 bits per heavy atom. The summed E-state index contributed by atoms with van der Waals surface area (Å²) in [6.45, 7) is 11.3. The zero-order valence-corrected chi connectivity index (χ0v) is 14.7. The van der Waals surface area contributed by atoms with E-state index in [1.54, 1.807) is 7.11 Å². The van der Waals surface area contributed by atoms with Gasteiger partial charge in [-0.05, 0) is 40.0 Å². The minimum Gasteiger partial charge on any atom is -0.496 e. The van der Waals surface area contributed by atoms with Crippen LogP contribution in [0.5, 0.6) is 5.75 Å². The maximum absolute atomic E-state index is 5.59. The molecule has 0 spiro atoms. The summed E-state index contributed by atoms with van der Waals surface area (Å²) in [4.78, 5) is 0. The Morgan fingerprint density at radius 3 is 2.00 bits per heavy atom. The molecule has 0 aliphatic rings. The lowest BCUT2D eigenvalue weighted by Crippen LogP contribution is -2.21. The average molecular weight is 296 g/mol. The molecule has 0 aliphatic carbocycles. The Balaban J connectivity index is 2.39. The summed E-state index contributed by atoms with van der Waals surface area (Å²) >= 11 is 0. The third kappa shape index (κ3) is 3.71. The van der Waals surface area contributed by atoms with Crippen LogP contribution in [0.1, 0.15) is 51.3 Å². The fourth-order valence-corrected chi connectivity index (χ4v) is 2.85. The molecule has 1 heteroatoms. The van der Waals surface area contributed by atoms with E-state index < -0.39 is 0 Å². The molecule has 0 fully saturated rings. The molecule has 0 radical (unpaired) electrons. The molecule has 0 atom stereocenters. The molecule has 0 amide bonds. The van der Waals surface area contributed by atoms with Crippen molar-refractivity contribution in [2.75, 3.05) is 7.11 Å². The van der Waals surface area contributed by atoms with Crippen molar-refractivity contribution in [2.24, 2.45) is 0 Å². The van der Waals surface area contributed by atoms with E-state index in [9.17, 15) is 0 Å². The number of benzene rings is 2. The van der Waals surface area contributed by atoms with Crippen LogP contribution in [0.15, 0.2) is 48.5 Å². The fraction of sp³-hybridized carbons (Fsp3) is 0.429. The Hall–Kier alpha value is -1.76. The summed E-state index contributed by atoms with van der Waals surface area (Å²) in [5, 5.41) is 0. The molecular weight excluding hydrogens is 268 g/mol. The molecule has 0 aliphatic heterocycles. The standard InChI is InChI=1S/C21H28O/c1-20(2,3)18-12-13-19(22-6)16(14-18)15-21(4,5)17-10-8-7-9-11-17/h7-14H,15H2,1-6H3. The van der Waals surface area contributed by atoms with Crippen molar-refractivity contribution in [1.82, 2.24) is 0 Å². The summed E-state index contributed by atoms with van der Waals surface area (Å²) in [5.74, 6) is 0.983. The number of methoxy groups -OCH3 is 1. The quantitative estimate of drug-likeness (QED) is 0.722. The predicted molar refractivity (Wildman–Crippen MR) is 94.9 cm³/mol. The molecule has 0 aromatic heterocycles. The number of hydrogen-bond donors (Lipinski definition) is 0. The van der Waals surface area contributed by atoms with Gasteiger partial charge in [-0.2, -0.15) is 0 Å². The van der Waals surface area contributed by atoms with E-state index in [1.807, 2.05) is 0 Å². The average Bonchev–Trinajstić information content (AvgIpc) is 2.47. The van der Waals surface area contributed by atoms with Gasteiger partial charge in [0.1, 0.15) is 5.75 Å². The monoisotopic (exact) mass is 296 g/mol. The van der Waals surface area contributed by atoms with Crippen molar-refractivity contribution in [3.63, 3.8) is 0 Å². The summed E-state index contributed by atoms with van der Waals surface area (Å²) < 4.78 is 5.59. The van der Waals surface area contributed by atoms with Crippen LogP contribution < -0.4 is 4.74 Å². The van der Waals surface area contributed by atoms with Gasteiger partial charge in [-0.1, -0.05) is 77.1 Å². The molecule has 2 aromatic carbocycles. The second-order valence-corrected chi connectivity index (χ2v) is 7.70. The van der Waals surface area contributed by atoms with Crippen molar-refractivity contribution >= 4 is 0 Å². The van der Waals surface area contributed by atoms with Gasteiger partial charge in [0, 0.05) is 0 Å². The van der Waals surface area contributed by atoms with Crippen LogP contribution in [0.2, 0.25) is 0 Å². The number of ether oxygens (including phenoxy) is 1. The molecule has 0 saturated heterocycles. The first-order valence-corrected chi connectivity index (χ1v) is 7.97. The molecule has 0 saturated carbocycles. The molecule has 22 heavy (non-hydrogen) atoms.